The minimum atomic E-state index is -0.675. The Labute approximate surface area is 127 Å². The highest BCUT2D eigenvalue weighted by atomic mass is 16.5. The van der Waals surface area contributed by atoms with Crippen LogP contribution in [0.1, 0.15) is 37.7 Å². The van der Waals surface area contributed by atoms with Gasteiger partial charge in [-0.1, -0.05) is 31.1 Å². The molecule has 0 aliphatic heterocycles. The van der Waals surface area contributed by atoms with Crippen molar-refractivity contribution in [3.63, 3.8) is 0 Å². The molecule has 1 aromatic rings. The minimum Gasteiger partial charge on any atom is -0.493 e. The van der Waals surface area contributed by atoms with Gasteiger partial charge in [0.25, 0.3) is 0 Å². The van der Waals surface area contributed by atoms with Crippen LogP contribution in [-0.2, 0) is 6.42 Å². The van der Waals surface area contributed by atoms with Crippen molar-refractivity contribution in [1.82, 2.24) is 0 Å². The lowest BCUT2D eigenvalue weighted by atomic mass is 9.71. The summed E-state index contributed by atoms with van der Waals surface area (Å²) in [5.41, 5.74) is 0.335. The van der Waals surface area contributed by atoms with Gasteiger partial charge in [-0.25, -0.2) is 0 Å². The van der Waals surface area contributed by atoms with Crippen LogP contribution in [0.25, 0.3) is 0 Å². The Hall–Kier alpha value is -1.48. The van der Waals surface area contributed by atoms with Crippen molar-refractivity contribution in [3.8, 4) is 11.5 Å². The molecule has 3 heteroatoms. The number of rotatable bonds is 6. The molecule has 3 nitrogen and oxygen atoms in total. The molecular formula is C18H26O3. The van der Waals surface area contributed by atoms with Crippen LogP contribution in [0.5, 0.6) is 11.5 Å². The number of methoxy groups -OCH3 is 2. The summed E-state index contributed by atoms with van der Waals surface area (Å²) >= 11 is 0. The van der Waals surface area contributed by atoms with E-state index in [1.807, 2.05) is 24.3 Å². The van der Waals surface area contributed by atoms with Crippen LogP contribution in [0.15, 0.2) is 30.9 Å². The van der Waals surface area contributed by atoms with Crippen molar-refractivity contribution in [2.24, 2.45) is 5.92 Å². The largest absolute Gasteiger partial charge is 0.493 e. The van der Waals surface area contributed by atoms with Crippen molar-refractivity contribution in [2.75, 3.05) is 14.2 Å². The van der Waals surface area contributed by atoms with Gasteiger partial charge in [-0.2, -0.15) is 0 Å². The molecule has 0 heterocycles. The van der Waals surface area contributed by atoms with Gasteiger partial charge in [-0.05, 0) is 31.2 Å². The molecule has 0 saturated heterocycles. The molecule has 1 aromatic carbocycles. The second-order valence-electron chi connectivity index (χ2n) is 5.90. The van der Waals surface area contributed by atoms with E-state index in [2.05, 4.69) is 6.58 Å². The summed E-state index contributed by atoms with van der Waals surface area (Å²) < 4.78 is 10.8. The first-order valence-electron chi connectivity index (χ1n) is 7.67. The van der Waals surface area contributed by atoms with E-state index in [1.54, 1.807) is 14.2 Å². The highest BCUT2D eigenvalue weighted by Crippen LogP contribution is 2.41. The number of benzene rings is 1. The standard InChI is InChI=1S/C18H26O3/c1-4-8-15-10-5-6-12-18(15,19)13-14-9-7-11-16(20-2)17(14)21-3/h4,7,9,11,15,19H,1,5-6,8,10,12-13H2,2-3H3/t15-,18-/m0/s1. The molecule has 1 aliphatic rings. The van der Waals surface area contributed by atoms with Gasteiger partial charge in [0.05, 0.1) is 19.8 Å². The first-order valence-corrected chi connectivity index (χ1v) is 7.67. The maximum absolute atomic E-state index is 11.2. The van der Waals surface area contributed by atoms with Gasteiger partial charge in [0, 0.05) is 12.0 Å². The van der Waals surface area contributed by atoms with E-state index in [9.17, 15) is 5.11 Å². The van der Waals surface area contributed by atoms with Gasteiger partial charge < -0.3 is 14.6 Å². The summed E-state index contributed by atoms with van der Waals surface area (Å²) in [6.07, 6.45) is 7.56. The monoisotopic (exact) mass is 290 g/mol. The summed E-state index contributed by atoms with van der Waals surface area (Å²) in [5.74, 6) is 1.73. The molecular weight excluding hydrogens is 264 g/mol. The summed E-state index contributed by atoms with van der Waals surface area (Å²) in [7, 11) is 3.28. The molecule has 0 radical (unpaired) electrons. The second kappa shape index (κ2) is 6.99. The Bertz CT molecular complexity index is 483. The highest BCUT2D eigenvalue weighted by molar-refractivity contribution is 5.47. The third kappa shape index (κ3) is 3.41. The van der Waals surface area contributed by atoms with E-state index in [4.69, 9.17) is 9.47 Å². The van der Waals surface area contributed by atoms with Gasteiger partial charge in [0.1, 0.15) is 0 Å². The van der Waals surface area contributed by atoms with E-state index in [1.165, 1.54) is 6.42 Å². The number of allylic oxidation sites excluding steroid dienone is 1. The predicted octanol–water partition coefficient (Wildman–Crippen LogP) is 3.74. The van der Waals surface area contributed by atoms with E-state index in [0.29, 0.717) is 6.42 Å². The fraction of sp³-hybridized carbons (Fsp3) is 0.556. The first kappa shape index (κ1) is 15.9. The quantitative estimate of drug-likeness (QED) is 0.811. The molecule has 1 fully saturated rings. The lowest BCUT2D eigenvalue weighted by Gasteiger charge is -2.40. The topological polar surface area (TPSA) is 38.7 Å². The Morgan fingerprint density at radius 1 is 1.33 bits per heavy atom. The number of ether oxygens (including phenoxy) is 2. The molecule has 2 atom stereocenters. The molecule has 0 aromatic heterocycles. The van der Waals surface area contributed by atoms with Crippen molar-refractivity contribution in [1.29, 1.82) is 0 Å². The maximum atomic E-state index is 11.2. The van der Waals surface area contributed by atoms with Crippen LogP contribution in [-0.4, -0.2) is 24.9 Å². The zero-order valence-corrected chi connectivity index (χ0v) is 13.1. The molecule has 21 heavy (non-hydrogen) atoms. The summed E-state index contributed by atoms with van der Waals surface area (Å²) in [4.78, 5) is 0. The molecule has 1 saturated carbocycles. The van der Waals surface area contributed by atoms with Crippen molar-refractivity contribution >= 4 is 0 Å². The molecule has 0 unspecified atom stereocenters. The summed E-state index contributed by atoms with van der Waals surface area (Å²) in [6.45, 7) is 3.83. The average Bonchev–Trinajstić information content (AvgIpc) is 2.49. The van der Waals surface area contributed by atoms with Crippen molar-refractivity contribution < 1.29 is 14.6 Å². The molecule has 1 N–H and O–H groups in total. The lowest BCUT2D eigenvalue weighted by molar-refractivity contribution is -0.0469. The predicted molar refractivity (Wildman–Crippen MR) is 85.0 cm³/mol. The van der Waals surface area contributed by atoms with E-state index >= 15 is 0 Å². The fourth-order valence-electron chi connectivity index (χ4n) is 3.49. The van der Waals surface area contributed by atoms with Gasteiger partial charge in [0.15, 0.2) is 11.5 Å². The molecule has 0 amide bonds. The fourth-order valence-corrected chi connectivity index (χ4v) is 3.49. The highest BCUT2D eigenvalue weighted by Gasteiger charge is 2.38. The Balaban J connectivity index is 2.28. The van der Waals surface area contributed by atoms with Crippen LogP contribution in [0, 0.1) is 5.92 Å². The molecule has 116 valence electrons. The maximum Gasteiger partial charge on any atom is 0.164 e. The van der Waals surface area contributed by atoms with Crippen LogP contribution >= 0.6 is 0 Å². The average molecular weight is 290 g/mol. The number of aliphatic hydroxyl groups is 1. The third-order valence-corrected chi connectivity index (χ3v) is 4.60. The van der Waals surface area contributed by atoms with Crippen LogP contribution < -0.4 is 9.47 Å². The van der Waals surface area contributed by atoms with Crippen LogP contribution in [0.3, 0.4) is 0 Å². The van der Waals surface area contributed by atoms with Gasteiger partial charge in [-0.15, -0.1) is 6.58 Å². The first-order chi connectivity index (χ1) is 10.1. The van der Waals surface area contributed by atoms with Crippen LogP contribution in [0.2, 0.25) is 0 Å². The smallest absolute Gasteiger partial charge is 0.164 e. The minimum absolute atomic E-state index is 0.277. The number of hydrogen-bond acceptors (Lipinski definition) is 3. The van der Waals surface area contributed by atoms with Gasteiger partial charge >= 0.3 is 0 Å². The van der Waals surface area contributed by atoms with E-state index in [-0.39, 0.29) is 5.92 Å². The Kier molecular flexibility index (Phi) is 5.29. The zero-order chi connectivity index (χ0) is 15.3. The van der Waals surface area contributed by atoms with Crippen molar-refractivity contribution in [3.05, 3.63) is 36.4 Å². The normalized spacial score (nSPS) is 25.4. The summed E-state index contributed by atoms with van der Waals surface area (Å²) in [6, 6.07) is 5.85. The number of hydrogen-bond donors (Lipinski definition) is 1. The lowest BCUT2D eigenvalue weighted by Crippen LogP contribution is -2.42. The second-order valence-corrected chi connectivity index (χ2v) is 5.90. The summed E-state index contributed by atoms with van der Waals surface area (Å²) in [5, 5.41) is 11.2. The molecule has 0 bridgehead atoms. The van der Waals surface area contributed by atoms with Gasteiger partial charge in [0.2, 0.25) is 0 Å². The number of para-hydroxylation sites is 1. The van der Waals surface area contributed by atoms with Crippen molar-refractivity contribution in [2.45, 2.75) is 44.1 Å². The van der Waals surface area contributed by atoms with Gasteiger partial charge in [-0.3, -0.25) is 0 Å². The van der Waals surface area contributed by atoms with E-state index < -0.39 is 5.60 Å². The SMILES string of the molecule is C=CC[C@H]1CCCC[C@]1(O)Cc1cccc(OC)c1OC. The third-order valence-electron chi connectivity index (χ3n) is 4.60. The Morgan fingerprint density at radius 3 is 2.81 bits per heavy atom. The molecule has 2 rings (SSSR count). The van der Waals surface area contributed by atoms with E-state index in [0.717, 1.165) is 42.7 Å². The zero-order valence-electron chi connectivity index (χ0n) is 13.1. The molecule has 1 aliphatic carbocycles. The molecule has 0 spiro atoms. The van der Waals surface area contributed by atoms with Crippen LogP contribution in [0.4, 0.5) is 0 Å². The Morgan fingerprint density at radius 2 is 2.14 bits per heavy atom.